The minimum absolute atomic E-state index is 0.0485. The second-order valence-corrected chi connectivity index (χ2v) is 6.56. The number of aliphatic hydroxyl groups excluding tert-OH is 2. The fourth-order valence-corrected chi connectivity index (χ4v) is 2.64. The Morgan fingerprint density at radius 2 is 2.05 bits per heavy atom. The maximum absolute atomic E-state index is 12.4. The Morgan fingerprint density at radius 3 is 2.59 bits per heavy atom. The highest BCUT2D eigenvalue weighted by atomic mass is 79.9. The van der Waals surface area contributed by atoms with Crippen LogP contribution in [0.5, 0.6) is 5.75 Å². The highest BCUT2D eigenvalue weighted by molar-refractivity contribution is 9.10. The van der Waals surface area contributed by atoms with Gasteiger partial charge in [-0.2, -0.15) is 0 Å². The van der Waals surface area contributed by atoms with Crippen molar-refractivity contribution in [1.82, 2.24) is 0 Å². The molecule has 0 spiro atoms. The molecule has 4 nitrogen and oxygen atoms in total. The van der Waals surface area contributed by atoms with Crippen LogP contribution in [-0.2, 0) is 4.79 Å². The SMILES string of the molecule is CC(=O)SCCC(O)C(O)c1ccc(Br)cc1OC(F)(F)F. The first-order valence-corrected chi connectivity index (χ1v) is 7.92. The number of rotatable bonds is 6. The molecule has 22 heavy (non-hydrogen) atoms. The molecule has 2 unspecified atom stereocenters. The number of carbonyl (C=O) groups is 1. The molecule has 0 bridgehead atoms. The van der Waals surface area contributed by atoms with E-state index in [1.807, 2.05) is 0 Å². The number of carbonyl (C=O) groups excluding carboxylic acids is 1. The third-order valence-electron chi connectivity index (χ3n) is 2.60. The van der Waals surface area contributed by atoms with Crippen LogP contribution in [-0.4, -0.2) is 33.5 Å². The van der Waals surface area contributed by atoms with Gasteiger partial charge in [-0.25, -0.2) is 0 Å². The summed E-state index contributed by atoms with van der Waals surface area (Å²) in [7, 11) is 0. The van der Waals surface area contributed by atoms with Gasteiger partial charge in [0.15, 0.2) is 5.12 Å². The highest BCUT2D eigenvalue weighted by Crippen LogP contribution is 2.34. The topological polar surface area (TPSA) is 66.8 Å². The lowest BCUT2D eigenvalue weighted by atomic mass is 10.0. The van der Waals surface area contributed by atoms with E-state index < -0.39 is 24.3 Å². The average Bonchev–Trinajstić information content (AvgIpc) is 2.35. The summed E-state index contributed by atoms with van der Waals surface area (Å²) in [6.45, 7) is 1.36. The van der Waals surface area contributed by atoms with Gasteiger partial charge in [-0.15, -0.1) is 13.2 Å². The van der Waals surface area contributed by atoms with E-state index in [-0.39, 0.29) is 22.9 Å². The van der Waals surface area contributed by atoms with Crippen LogP contribution in [0.15, 0.2) is 22.7 Å². The van der Waals surface area contributed by atoms with Crippen molar-refractivity contribution in [3.05, 3.63) is 28.2 Å². The Hall–Kier alpha value is -0.770. The van der Waals surface area contributed by atoms with Gasteiger partial charge >= 0.3 is 6.36 Å². The van der Waals surface area contributed by atoms with Gasteiger partial charge < -0.3 is 14.9 Å². The van der Waals surface area contributed by atoms with E-state index in [9.17, 15) is 28.2 Å². The van der Waals surface area contributed by atoms with Gasteiger partial charge in [0.2, 0.25) is 0 Å². The first-order valence-electron chi connectivity index (χ1n) is 6.15. The lowest BCUT2D eigenvalue weighted by Crippen LogP contribution is -2.23. The first kappa shape index (κ1) is 19.3. The van der Waals surface area contributed by atoms with Crippen molar-refractivity contribution >= 4 is 32.8 Å². The molecule has 0 amide bonds. The number of alkyl halides is 3. The second kappa shape index (κ2) is 8.19. The van der Waals surface area contributed by atoms with E-state index in [1.165, 1.54) is 19.1 Å². The van der Waals surface area contributed by atoms with E-state index in [0.29, 0.717) is 4.47 Å². The van der Waals surface area contributed by atoms with Gasteiger partial charge in [0, 0.05) is 22.7 Å². The Kier molecular flexibility index (Phi) is 7.17. The Bertz CT molecular complexity index is 524. The lowest BCUT2D eigenvalue weighted by molar-refractivity contribution is -0.275. The van der Waals surface area contributed by atoms with Crippen molar-refractivity contribution in [1.29, 1.82) is 0 Å². The van der Waals surface area contributed by atoms with Crippen LogP contribution in [0.4, 0.5) is 13.2 Å². The summed E-state index contributed by atoms with van der Waals surface area (Å²) in [4.78, 5) is 10.8. The molecule has 1 aromatic carbocycles. The predicted molar refractivity (Wildman–Crippen MR) is 79.5 cm³/mol. The third kappa shape index (κ3) is 6.55. The third-order valence-corrected chi connectivity index (χ3v) is 3.94. The predicted octanol–water partition coefficient (Wildman–Crippen LogP) is 3.41. The molecular formula is C13H14BrF3O4S. The van der Waals surface area contributed by atoms with Crippen molar-refractivity contribution in [3.63, 3.8) is 0 Å². The molecule has 0 heterocycles. The summed E-state index contributed by atoms with van der Waals surface area (Å²) in [6.07, 6.45) is -7.74. The average molecular weight is 403 g/mol. The smallest absolute Gasteiger partial charge is 0.405 e. The van der Waals surface area contributed by atoms with E-state index in [4.69, 9.17) is 0 Å². The van der Waals surface area contributed by atoms with E-state index in [2.05, 4.69) is 20.7 Å². The second-order valence-electron chi connectivity index (χ2n) is 4.37. The maximum atomic E-state index is 12.4. The monoisotopic (exact) mass is 402 g/mol. The molecule has 0 aliphatic rings. The number of hydrogen-bond acceptors (Lipinski definition) is 5. The highest BCUT2D eigenvalue weighted by Gasteiger charge is 2.34. The van der Waals surface area contributed by atoms with Crippen molar-refractivity contribution in [3.8, 4) is 5.75 Å². The zero-order valence-corrected chi connectivity index (χ0v) is 13.8. The van der Waals surface area contributed by atoms with E-state index in [0.717, 1.165) is 17.8 Å². The fraction of sp³-hybridized carbons (Fsp3) is 0.462. The van der Waals surface area contributed by atoms with Gasteiger partial charge in [-0.05, 0) is 18.6 Å². The Labute approximate surface area is 137 Å². The minimum atomic E-state index is -4.91. The van der Waals surface area contributed by atoms with Crippen LogP contribution < -0.4 is 4.74 Å². The quantitative estimate of drug-likeness (QED) is 0.762. The van der Waals surface area contributed by atoms with Crippen LogP contribution >= 0.6 is 27.7 Å². The van der Waals surface area contributed by atoms with Gasteiger partial charge in [0.1, 0.15) is 11.9 Å². The van der Waals surface area contributed by atoms with Crippen molar-refractivity contribution < 1.29 is 32.9 Å². The summed E-state index contributed by atoms with van der Waals surface area (Å²) in [6, 6.07) is 3.72. The number of hydrogen-bond donors (Lipinski definition) is 2. The molecule has 1 rings (SSSR count). The summed E-state index contributed by atoms with van der Waals surface area (Å²) in [5, 5.41) is 19.7. The number of ether oxygens (including phenoxy) is 1. The van der Waals surface area contributed by atoms with E-state index >= 15 is 0 Å². The van der Waals surface area contributed by atoms with Crippen LogP contribution in [0, 0.1) is 0 Å². The van der Waals surface area contributed by atoms with Crippen molar-refractivity contribution in [2.45, 2.75) is 31.9 Å². The zero-order chi connectivity index (χ0) is 16.9. The molecule has 0 aliphatic heterocycles. The maximum Gasteiger partial charge on any atom is 0.573 e. The summed E-state index contributed by atoms with van der Waals surface area (Å²) >= 11 is 3.98. The molecule has 2 atom stereocenters. The van der Waals surface area contributed by atoms with Gasteiger partial charge in [-0.1, -0.05) is 33.8 Å². The van der Waals surface area contributed by atoms with Crippen LogP contribution in [0.3, 0.4) is 0 Å². The van der Waals surface area contributed by atoms with Crippen molar-refractivity contribution in [2.24, 2.45) is 0 Å². The molecule has 0 saturated heterocycles. The van der Waals surface area contributed by atoms with Crippen molar-refractivity contribution in [2.75, 3.05) is 5.75 Å². The minimum Gasteiger partial charge on any atom is -0.405 e. The number of thioether (sulfide) groups is 1. The lowest BCUT2D eigenvalue weighted by Gasteiger charge is -2.21. The number of benzene rings is 1. The molecule has 0 fully saturated rings. The summed E-state index contributed by atoms with van der Waals surface area (Å²) in [5.41, 5.74) is -0.180. The molecule has 0 radical (unpaired) electrons. The molecular weight excluding hydrogens is 389 g/mol. The van der Waals surface area contributed by atoms with Crippen LogP contribution in [0.2, 0.25) is 0 Å². The molecule has 2 N–H and O–H groups in total. The molecule has 124 valence electrons. The van der Waals surface area contributed by atoms with Crippen LogP contribution in [0.1, 0.15) is 25.0 Å². The van der Waals surface area contributed by atoms with Gasteiger partial charge in [0.05, 0.1) is 6.10 Å². The van der Waals surface area contributed by atoms with E-state index in [1.54, 1.807) is 0 Å². The summed E-state index contributed by atoms with van der Waals surface area (Å²) < 4.78 is 41.4. The largest absolute Gasteiger partial charge is 0.573 e. The number of aliphatic hydroxyl groups is 2. The standard InChI is InChI=1S/C13H14BrF3O4S/c1-7(18)22-5-4-10(19)12(20)9-3-2-8(14)6-11(9)21-13(15,16)17/h2-3,6,10,12,19-20H,4-5H2,1H3. The molecule has 0 aliphatic carbocycles. The Balaban J connectivity index is 2.87. The van der Waals surface area contributed by atoms with Crippen LogP contribution in [0.25, 0.3) is 0 Å². The normalized spacial score (nSPS) is 14.5. The molecule has 1 aromatic rings. The van der Waals surface area contributed by atoms with Gasteiger partial charge in [0.25, 0.3) is 0 Å². The molecule has 0 saturated carbocycles. The first-order chi connectivity index (χ1) is 10.1. The Morgan fingerprint density at radius 1 is 1.41 bits per heavy atom. The zero-order valence-electron chi connectivity index (χ0n) is 11.4. The van der Waals surface area contributed by atoms with Gasteiger partial charge in [-0.3, -0.25) is 4.79 Å². The fourth-order valence-electron chi connectivity index (χ4n) is 1.65. The summed E-state index contributed by atoms with van der Waals surface area (Å²) in [5.74, 6) is -0.341. The molecule has 0 aromatic heterocycles. The number of halogens is 4. The molecule has 9 heteroatoms.